The molecule has 0 aromatic rings. The molecule has 0 aliphatic heterocycles. The highest BCUT2D eigenvalue weighted by molar-refractivity contribution is 7.47. The van der Waals surface area contributed by atoms with E-state index in [4.69, 9.17) is 18.5 Å². The maximum Gasteiger partial charge on any atom is 0.472 e. The highest BCUT2D eigenvalue weighted by atomic mass is 31.2. The lowest BCUT2D eigenvalue weighted by Crippen LogP contribution is -2.37. The van der Waals surface area contributed by atoms with Gasteiger partial charge in [0, 0.05) is 12.8 Å². The van der Waals surface area contributed by atoms with E-state index >= 15 is 0 Å². The summed E-state index contributed by atoms with van der Waals surface area (Å²) >= 11 is 0. The largest absolute Gasteiger partial charge is 0.472 e. The van der Waals surface area contributed by atoms with E-state index in [9.17, 15) is 19.0 Å². The topological polar surface area (TPSA) is 108 Å². The van der Waals surface area contributed by atoms with Gasteiger partial charge in [-0.3, -0.25) is 18.6 Å². The summed E-state index contributed by atoms with van der Waals surface area (Å²) in [6.45, 7) is 4.36. The number of carbonyl (C=O) groups is 2. The number of esters is 2. The molecule has 2 unspecified atom stereocenters. The van der Waals surface area contributed by atoms with E-state index in [0.717, 1.165) is 89.9 Å². The van der Waals surface area contributed by atoms with Gasteiger partial charge in [0.25, 0.3) is 0 Å². The minimum atomic E-state index is -4.40. The Hall–Kier alpha value is -3.59. The van der Waals surface area contributed by atoms with Crippen LogP contribution in [0.5, 0.6) is 0 Å². The van der Waals surface area contributed by atoms with Gasteiger partial charge >= 0.3 is 19.8 Å². The average Bonchev–Trinajstić information content (AvgIpc) is 0.908. The number of phosphoric ester groups is 1. The Morgan fingerprint density at radius 1 is 0.302 bits per heavy atom. The van der Waals surface area contributed by atoms with Crippen LogP contribution in [0.25, 0.3) is 0 Å². The fourth-order valence-electron chi connectivity index (χ4n) is 13.1. The van der Waals surface area contributed by atoms with Crippen LogP contribution >= 0.6 is 7.82 Å². The normalized spacial score (nSPS) is 13.5. The molecule has 0 aliphatic rings. The Labute approximate surface area is 658 Å². The molecule has 0 saturated heterocycles. The van der Waals surface area contributed by atoms with E-state index < -0.39 is 26.5 Å². The highest BCUT2D eigenvalue weighted by Crippen LogP contribution is 2.43. The third-order valence-electron chi connectivity index (χ3n) is 20.0. The lowest BCUT2D eigenvalue weighted by atomic mass is 10.0. The summed E-state index contributed by atoms with van der Waals surface area (Å²) in [7, 11) is 1.49. The molecule has 10 heteroatoms. The van der Waals surface area contributed by atoms with Crippen molar-refractivity contribution in [2.45, 2.75) is 431 Å². The first-order valence-electron chi connectivity index (χ1n) is 45.3. The van der Waals surface area contributed by atoms with Crippen LogP contribution in [0.4, 0.5) is 0 Å². The summed E-state index contributed by atoms with van der Waals surface area (Å²) in [6.07, 6.45) is 124. The van der Waals surface area contributed by atoms with E-state index in [1.165, 1.54) is 302 Å². The van der Waals surface area contributed by atoms with E-state index in [1.807, 2.05) is 21.1 Å². The third kappa shape index (κ3) is 89.3. The number of nitrogens with zero attached hydrogens (tertiary/aromatic N) is 1. The van der Waals surface area contributed by atoms with Crippen molar-refractivity contribution in [1.29, 1.82) is 0 Å². The third-order valence-corrected chi connectivity index (χ3v) is 21.0. The van der Waals surface area contributed by atoms with Crippen LogP contribution in [-0.4, -0.2) is 74.9 Å². The molecule has 0 radical (unpaired) electrons. The Balaban J connectivity index is 3.88. The van der Waals surface area contributed by atoms with Crippen molar-refractivity contribution >= 4 is 19.8 Å². The molecular weight excluding hydrogens is 1330 g/mol. The van der Waals surface area contributed by atoms with Gasteiger partial charge in [-0.1, -0.05) is 424 Å². The van der Waals surface area contributed by atoms with Crippen LogP contribution < -0.4 is 0 Å². The first-order valence-corrected chi connectivity index (χ1v) is 46.8. The number of quaternary nitrogens is 1. The molecule has 0 bridgehead atoms. The summed E-state index contributed by atoms with van der Waals surface area (Å²) in [5.74, 6) is -0.778. The predicted molar refractivity (Wildman–Crippen MR) is 464 cm³/mol. The van der Waals surface area contributed by atoms with E-state index in [-0.39, 0.29) is 25.6 Å². The summed E-state index contributed by atoms with van der Waals surface area (Å²) in [6, 6.07) is 0. The Bertz CT molecular complexity index is 2210. The zero-order valence-corrected chi connectivity index (χ0v) is 71.3. The van der Waals surface area contributed by atoms with Crippen molar-refractivity contribution in [1.82, 2.24) is 0 Å². The van der Waals surface area contributed by atoms with Crippen LogP contribution in [0.2, 0.25) is 0 Å². The van der Waals surface area contributed by atoms with Gasteiger partial charge < -0.3 is 18.9 Å². The zero-order chi connectivity index (χ0) is 76.8. The number of phosphoric acid groups is 1. The molecule has 9 nitrogen and oxygen atoms in total. The second-order valence-electron chi connectivity index (χ2n) is 31.6. The van der Waals surface area contributed by atoms with E-state index in [2.05, 4.69) is 135 Å². The molecule has 0 aromatic heterocycles. The fourth-order valence-corrected chi connectivity index (χ4v) is 13.9. The molecule has 2 atom stereocenters. The van der Waals surface area contributed by atoms with Crippen LogP contribution in [0.15, 0.2) is 122 Å². The number of rotatable bonds is 84. The molecule has 0 amide bonds. The van der Waals surface area contributed by atoms with Gasteiger partial charge in [0.2, 0.25) is 0 Å². The molecule has 0 saturated carbocycles. The number of hydrogen-bond acceptors (Lipinski definition) is 7. The summed E-state index contributed by atoms with van der Waals surface area (Å²) in [5, 5.41) is 0. The molecule has 106 heavy (non-hydrogen) atoms. The minimum Gasteiger partial charge on any atom is -0.462 e. The van der Waals surface area contributed by atoms with Crippen molar-refractivity contribution in [2.75, 3.05) is 47.5 Å². The molecule has 0 heterocycles. The van der Waals surface area contributed by atoms with Crippen molar-refractivity contribution in [2.24, 2.45) is 0 Å². The number of unbranched alkanes of at least 4 members (excludes halogenated alkanes) is 50. The smallest absolute Gasteiger partial charge is 0.462 e. The van der Waals surface area contributed by atoms with Gasteiger partial charge in [0.15, 0.2) is 6.10 Å². The number of carbonyl (C=O) groups excluding carboxylic acids is 2. The van der Waals surface area contributed by atoms with Crippen molar-refractivity contribution < 1.29 is 42.1 Å². The first kappa shape index (κ1) is 102. The molecule has 0 spiro atoms. The maximum atomic E-state index is 13.0. The Morgan fingerprint density at radius 3 is 0.802 bits per heavy atom. The standard InChI is InChI=1S/C96H172NO8P/c1-6-8-10-12-14-16-18-20-22-24-26-28-30-32-34-36-38-40-42-44-46-48-50-52-54-56-58-60-62-64-66-68-70-72-74-76-78-80-82-84-86-88-95(98)102-92-94(93-104-106(100,101)103-91-90-97(3,4)5)105-96(99)89-87-85-83-81-79-77-75-73-71-69-67-65-63-61-59-57-55-53-51-49-47-45-43-41-39-37-35-33-31-29-27-25-23-21-19-17-15-13-11-9-7-2/h9,11,15,17-18,20-21,23-24,26-27,29-30,32-33,35,39,41,45,47,94H,6-8,10,12-14,16,19,22,25,28,31,34,36-38,40,42-44,46,48-93H2,1-5H3/p+1/b11-9-,17-15-,20-18-,23-21-,26-24-,29-27-,32-30-,35-33-,41-39-,47-45-. The van der Waals surface area contributed by atoms with Gasteiger partial charge in [-0.05, 0) is 109 Å². The van der Waals surface area contributed by atoms with Gasteiger partial charge in [-0.25, -0.2) is 4.57 Å². The maximum absolute atomic E-state index is 13.0. The quantitative estimate of drug-likeness (QED) is 0.0211. The Morgan fingerprint density at radius 2 is 0.538 bits per heavy atom. The van der Waals surface area contributed by atoms with Gasteiger partial charge in [0.05, 0.1) is 27.7 Å². The SMILES string of the molecule is CC/C=C\C/C=C\C/C=C\C/C=C\C/C=C\C/C=C\C/C=C\CCCCCCCCCCCCCCCCCCCCCC(=O)OC(COC(=O)CCCCCCCCCCCCCCCCCCCCCCCCCCCC/C=C\C/C=C\C/C=C\CCCCCCC)COP(=O)(O)OCC[N+](C)(C)C. The van der Waals surface area contributed by atoms with Crippen molar-refractivity contribution in [3.63, 3.8) is 0 Å². The Kier molecular flexibility index (Phi) is 82.5. The highest BCUT2D eigenvalue weighted by Gasteiger charge is 2.27. The van der Waals surface area contributed by atoms with Gasteiger partial charge in [0.1, 0.15) is 19.8 Å². The summed E-state index contributed by atoms with van der Waals surface area (Å²) < 4.78 is 34.9. The lowest BCUT2D eigenvalue weighted by molar-refractivity contribution is -0.870. The second kappa shape index (κ2) is 85.4. The van der Waals surface area contributed by atoms with Crippen LogP contribution in [-0.2, 0) is 32.7 Å². The van der Waals surface area contributed by atoms with Crippen molar-refractivity contribution in [3.8, 4) is 0 Å². The molecule has 0 fully saturated rings. The zero-order valence-electron chi connectivity index (χ0n) is 70.4. The van der Waals surface area contributed by atoms with Crippen LogP contribution in [0, 0.1) is 0 Å². The van der Waals surface area contributed by atoms with Crippen LogP contribution in [0.3, 0.4) is 0 Å². The summed E-state index contributed by atoms with van der Waals surface area (Å²) in [5.41, 5.74) is 0. The van der Waals surface area contributed by atoms with Gasteiger partial charge in [-0.15, -0.1) is 0 Å². The summed E-state index contributed by atoms with van der Waals surface area (Å²) in [4.78, 5) is 36.1. The molecule has 0 rings (SSSR count). The second-order valence-corrected chi connectivity index (χ2v) is 33.1. The van der Waals surface area contributed by atoms with Gasteiger partial charge in [-0.2, -0.15) is 0 Å². The first-order chi connectivity index (χ1) is 52.0. The lowest BCUT2D eigenvalue weighted by Gasteiger charge is -2.24. The number of likely N-dealkylation sites (N-methyl/N-ethyl adjacent to an activating group) is 1. The fraction of sp³-hybridized carbons (Fsp3) is 0.771. The number of allylic oxidation sites excluding steroid dienone is 20. The van der Waals surface area contributed by atoms with Crippen LogP contribution in [0.1, 0.15) is 425 Å². The predicted octanol–water partition coefficient (Wildman–Crippen LogP) is 30.8. The minimum absolute atomic E-state index is 0.0315. The van der Waals surface area contributed by atoms with E-state index in [1.54, 1.807) is 0 Å². The number of hydrogen-bond donors (Lipinski definition) is 1. The van der Waals surface area contributed by atoms with E-state index in [0.29, 0.717) is 23.9 Å². The average molecular weight is 1500 g/mol. The molecule has 614 valence electrons. The monoisotopic (exact) mass is 1500 g/mol. The molecule has 0 aromatic carbocycles. The molecule has 1 N–H and O–H groups in total. The molecular formula is C96H173NO8P+. The number of ether oxygens (including phenoxy) is 2. The van der Waals surface area contributed by atoms with Crippen molar-refractivity contribution in [3.05, 3.63) is 122 Å². The molecule has 0 aliphatic carbocycles.